The van der Waals surface area contributed by atoms with Crippen LogP contribution in [-0.2, 0) is 9.53 Å². The molecule has 2 atom stereocenters. The van der Waals surface area contributed by atoms with Gasteiger partial charge in [0, 0.05) is 53.4 Å². The highest BCUT2D eigenvalue weighted by Gasteiger charge is 2.39. The first-order valence-electron chi connectivity index (χ1n) is 11.3. The van der Waals surface area contributed by atoms with Gasteiger partial charge in [-0.05, 0) is 37.5 Å². The zero-order chi connectivity index (χ0) is 22.5. The number of amides is 1. The summed E-state index contributed by atoms with van der Waals surface area (Å²) >= 11 is 0. The SMILES string of the molecule is Cc1ncc(-c2nc3ccc(N4CCOCC4)cn3n2)c2cc(NC(=O)[C@H]3C[C@H]3C)ncc12. The number of hydrogen-bond acceptors (Lipinski definition) is 7. The first-order valence-corrected chi connectivity index (χ1v) is 11.3. The third-order valence-corrected chi connectivity index (χ3v) is 6.60. The number of pyridine rings is 3. The predicted molar refractivity (Wildman–Crippen MR) is 125 cm³/mol. The Kier molecular flexibility index (Phi) is 4.72. The Hall–Kier alpha value is -3.59. The summed E-state index contributed by atoms with van der Waals surface area (Å²) in [5.74, 6) is 1.69. The van der Waals surface area contributed by atoms with E-state index < -0.39 is 0 Å². The van der Waals surface area contributed by atoms with E-state index in [2.05, 4.69) is 33.2 Å². The molecule has 1 aliphatic heterocycles. The van der Waals surface area contributed by atoms with Gasteiger partial charge in [0.15, 0.2) is 11.5 Å². The molecule has 0 aromatic carbocycles. The third-order valence-electron chi connectivity index (χ3n) is 6.60. The summed E-state index contributed by atoms with van der Waals surface area (Å²) in [6.45, 7) is 7.22. The number of ether oxygens (including phenoxy) is 1. The van der Waals surface area contributed by atoms with Crippen LogP contribution < -0.4 is 10.2 Å². The Balaban J connectivity index is 1.38. The van der Waals surface area contributed by atoms with Gasteiger partial charge >= 0.3 is 0 Å². The maximum Gasteiger partial charge on any atom is 0.228 e. The molecular weight excluding hydrogens is 418 g/mol. The molecule has 0 spiro atoms. The largest absolute Gasteiger partial charge is 0.378 e. The van der Waals surface area contributed by atoms with E-state index in [9.17, 15) is 4.79 Å². The summed E-state index contributed by atoms with van der Waals surface area (Å²) in [6, 6.07) is 5.95. The average Bonchev–Trinajstić information content (AvgIpc) is 3.42. The van der Waals surface area contributed by atoms with Crippen LogP contribution in [0, 0.1) is 18.8 Å². The molecule has 168 valence electrons. The number of nitrogens with zero attached hydrogens (tertiary/aromatic N) is 6. The molecule has 1 saturated heterocycles. The van der Waals surface area contributed by atoms with E-state index in [1.54, 1.807) is 12.4 Å². The van der Waals surface area contributed by atoms with Gasteiger partial charge in [-0.3, -0.25) is 9.78 Å². The van der Waals surface area contributed by atoms with Crippen molar-refractivity contribution in [3.05, 3.63) is 42.5 Å². The third kappa shape index (κ3) is 3.68. The molecule has 1 amide bonds. The summed E-state index contributed by atoms with van der Waals surface area (Å²) in [5, 5.41) is 9.55. The van der Waals surface area contributed by atoms with E-state index in [1.165, 1.54) is 0 Å². The van der Waals surface area contributed by atoms with Crippen molar-refractivity contribution >= 4 is 33.8 Å². The van der Waals surface area contributed by atoms with Crippen molar-refractivity contribution in [3.63, 3.8) is 0 Å². The van der Waals surface area contributed by atoms with Gasteiger partial charge in [-0.15, -0.1) is 5.10 Å². The Morgan fingerprint density at radius 2 is 1.97 bits per heavy atom. The number of fused-ring (bicyclic) bond motifs is 2. The van der Waals surface area contributed by atoms with Gasteiger partial charge < -0.3 is 15.0 Å². The molecule has 4 aromatic heterocycles. The van der Waals surface area contributed by atoms with Crippen LogP contribution in [0.4, 0.5) is 11.5 Å². The Labute approximate surface area is 190 Å². The lowest BCUT2D eigenvalue weighted by atomic mass is 10.1. The number of carbonyl (C=O) groups is 1. The second-order valence-corrected chi connectivity index (χ2v) is 8.91. The molecule has 2 aliphatic rings. The van der Waals surface area contributed by atoms with E-state index in [0.29, 0.717) is 17.6 Å². The van der Waals surface area contributed by atoms with E-state index >= 15 is 0 Å². The number of aromatic nitrogens is 5. The Bertz CT molecular complexity index is 1380. The highest BCUT2D eigenvalue weighted by molar-refractivity contribution is 6.00. The molecule has 5 heterocycles. The van der Waals surface area contributed by atoms with Crippen molar-refractivity contribution in [3.8, 4) is 11.4 Å². The first kappa shape index (κ1) is 20.0. The fourth-order valence-corrected chi connectivity index (χ4v) is 4.41. The fourth-order valence-electron chi connectivity index (χ4n) is 4.41. The number of hydrogen-bond donors (Lipinski definition) is 1. The molecule has 1 N–H and O–H groups in total. The quantitative estimate of drug-likeness (QED) is 0.518. The molecule has 9 nitrogen and oxygen atoms in total. The lowest BCUT2D eigenvalue weighted by Crippen LogP contribution is -2.36. The zero-order valence-electron chi connectivity index (χ0n) is 18.7. The van der Waals surface area contributed by atoms with Crippen LogP contribution in [0.3, 0.4) is 0 Å². The summed E-state index contributed by atoms with van der Waals surface area (Å²) in [5.41, 5.74) is 3.54. The molecule has 9 heteroatoms. The standard InChI is InChI=1S/C24H25N7O2/c1-14-9-17(14)24(32)27-21-10-18-19(11-26-21)15(2)25-12-20(18)23-28-22-4-3-16(13-31(22)29-23)30-5-7-33-8-6-30/h3-4,10-14,17H,5-9H2,1-2H3,(H,26,27,32)/t14-,17+/m1/s1. The molecule has 0 unspecified atom stereocenters. The predicted octanol–water partition coefficient (Wildman–Crippen LogP) is 3.08. The smallest absolute Gasteiger partial charge is 0.228 e. The van der Waals surface area contributed by atoms with Gasteiger partial charge in [-0.25, -0.2) is 14.5 Å². The second-order valence-electron chi connectivity index (χ2n) is 8.91. The molecule has 4 aromatic rings. The Morgan fingerprint density at radius 3 is 2.76 bits per heavy atom. The molecule has 33 heavy (non-hydrogen) atoms. The van der Waals surface area contributed by atoms with Gasteiger partial charge in [0.2, 0.25) is 5.91 Å². The number of nitrogens with one attached hydrogen (secondary N) is 1. The van der Waals surface area contributed by atoms with E-state index in [-0.39, 0.29) is 11.8 Å². The van der Waals surface area contributed by atoms with Crippen LogP contribution in [0.1, 0.15) is 19.0 Å². The molecule has 1 saturated carbocycles. The summed E-state index contributed by atoms with van der Waals surface area (Å²) in [4.78, 5) is 28.4. The number of morpholine rings is 1. The van der Waals surface area contributed by atoms with Crippen LogP contribution in [0.2, 0.25) is 0 Å². The molecule has 0 bridgehead atoms. The topological polar surface area (TPSA) is 97.5 Å². The molecule has 1 aliphatic carbocycles. The minimum Gasteiger partial charge on any atom is -0.378 e. The maximum atomic E-state index is 12.4. The van der Waals surface area contributed by atoms with Crippen molar-refractivity contribution in [1.82, 2.24) is 24.6 Å². The van der Waals surface area contributed by atoms with Crippen LogP contribution in [0.15, 0.2) is 36.8 Å². The molecule has 0 radical (unpaired) electrons. The summed E-state index contributed by atoms with van der Waals surface area (Å²) in [7, 11) is 0. The normalized spacial score (nSPS) is 20.4. The van der Waals surface area contributed by atoms with Crippen molar-refractivity contribution < 1.29 is 9.53 Å². The van der Waals surface area contributed by atoms with Crippen LogP contribution in [0.5, 0.6) is 0 Å². The van der Waals surface area contributed by atoms with Crippen LogP contribution in [-0.4, -0.2) is 56.8 Å². The van der Waals surface area contributed by atoms with Crippen LogP contribution in [0.25, 0.3) is 27.8 Å². The van der Waals surface area contributed by atoms with Crippen molar-refractivity contribution in [2.45, 2.75) is 20.3 Å². The number of aryl methyl sites for hydroxylation is 1. The Morgan fingerprint density at radius 1 is 1.15 bits per heavy atom. The second kappa shape index (κ2) is 7.77. The van der Waals surface area contributed by atoms with Crippen LogP contribution >= 0.6 is 0 Å². The van der Waals surface area contributed by atoms with Gasteiger partial charge in [0.1, 0.15) is 5.82 Å². The first-order chi connectivity index (χ1) is 16.1. The van der Waals surface area contributed by atoms with Gasteiger partial charge in [-0.2, -0.15) is 0 Å². The molecule has 6 rings (SSSR count). The number of rotatable bonds is 4. The number of carbonyl (C=O) groups excluding carboxylic acids is 1. The van der Waals surface area contributed by atoms with E-state index in [0.717, 1.165) is 66.1 Å². The highest BCUT2D eigenvalue weighted by atomic mass is 16.5. The van der Waals surface area contributed by atoms with E-state index in [4.69, 9.17) is 14.8 Å². The maximum absolute atomic E-state index is 12.4. The van der Waals surface area contributed by atoms with Crippen molar-refractivity contribution in [2.75, 3.05) is 36.5 Å². The zero-order valence-corrected chi connectivity index (χ0v) is 18.7. The monoisotopic (exact) mass is 443 g/mol. The average molecular weight is 444 g/mol. The number of anilines is 2. The van der Waals surface area contributed by atoms with E-state index in [1.807, 2.05) is 29.8 Å². The lowest BCUT2D eigenvalue weighted by molar-refractivity contribution is -0.117. The van der Waals surface area contributed by atoms with Gasteiger partial charge in [-0.1, -0.05) is 6.92 Å². The summed E-state index contributed by atoms with van der Waals surface area (Å²) in [6.07, 6.45) is 6.50. The lowest BCUT2D eigenvalue weighted by Gasteiger charge is -2.28. The van der Waals surface area contributed by atoms with Gasteiger partial charge in [0.25, 0.3) is 0 Å². The minimum atomic E-state index is 0.0307. The van der Waals surface area contributed by atoms with Crippen molar-refractivity contribution in [1.29, 1.82) is 0 Å². The fraction of sp³-hybridized carbons (Fsp3) is 0.375. The molecule has 2 fully saturated rings. The summed E-state index contributed by atoms with van der Waals surface area (Å²) < 4.78 is 7.27. The molecular formula is C24H25N7O2. The highest BCUT2D eigenvalue weighted by Crippen LogP contribution is 2.38. The van der Waals surface area contributed by atoms with Gasteiger partial charge in [0.05, 0.1) is 25.1 Å². The van der Waals surface area contributed by atoms with Crippen molar-refractivity contribution in [2.24, 2.45) is 11.8 Å². The minimum absolute atomic E-state index is 0.0307.